The Bertz CT molecular complexity index is 1080. The first-order valence-electron chi connectivity index (χ1n) is 16.2. The molecular weight excluding hydrogens is 540 g/mol. The molecule has 1 aromatic rings. The number of unbranched alkanes of at least 4 members (excludes halogenated alkanes) is 11. The minimum absolute atomic E-state index is 0.0115. The maximum Gasteiger partial charge on any atom is 0.306 e. The van der Waals surface area contributed by atoms with E-state index in [9.17, 15) is 19.5 Å². The molecule has 6 heteroatoms. The van der Waals surface area contributed by atoms with Crippen molar-refractivity contribution in [1.29, 1.82) is 0 Å². The number of esters is 1. The van der Waals surface area contributed by atoms with Crippen molar-refractivity contribution in [3.8, 4) is 11.5 Å². The summed E-state index contributed by atoms with van der Waals surface area (Å²) in [5.74, 6) is -0.113. The van der Waals surface area contributed by atoms with Gasteiger partial charge in [-0.15, -0.1) is 0 Å². The van der Waals surface area contributed by atoms with E-state index >= 15 is 0 Å². The van der Waals surface area contributed by atoms with Crippen LogP contribution >= 0.6 is 0 Å². The van der Waals surface area contributed by atoms with Gasteiger partial charge in [0.15, 0.2) is 12.1 Å². The maximum absolute atomic E-state index is 12.3. The third kappa shape index (κ3) is 16.9. The first-order valence-corrected chi connectivity index (χ1v) is 16.2. The minimum atomic E-state index is -0.323. The number of hydrogen-bond acceptors (Lipinski definition) is 6. The van der Waals surface area contributed by atoms with Crippen LogP contribution in [0.25, 0.3) is 0 Å². The van der Waals surface area contributed by atoms with Crippen LogP contribution in [0.4, 0.5) is 0 Å². The highest BCUT2D eigenvalue weighted by atomic mass is 16.5. The van der Waals surface area contributed by atoms with E-state index in [1.807, 2.05) is 26.8 Å². The molecule has 6 nitrogen and oxygen atoms in total. The molecule has 0 aliphatic carbocycles. The Morgan fingerprint density at radius 2 is 1.49 bits per heavy atom. The molecule has 0 aromatic heterocycles. The summed E-state index contributed by atoms with van der Waals surface area (Å²) in [5.41, 5.74) is 2.71. The zero-order chi connectivity index (χ0) is 31.9. The van der Waals surface area contributed by atoms with Gasteiger partial charge in [-0.05, 0) is 71.4 Å². The number of aldehydes is 1. The highest BCUT2D eigenvalue weighted by Gasteiger charge is 2.19. The molecule has 0 radical (unpaired) electrons. The Balaban J connectivity index is 2.44. The van der Waals surface area contributed by atoms with Crippen LogP contribution in [0.15, 0.2) is 41.5 Å². The van der Waals surface area contributed by atoms with Gasteiger partial charge in [-0.3, -0.25) is 14.4 Å². The van der Waals surface area contributed by atoms with Gasteiger partial charge in [0.1, 0.15) is 18.1 Å². The highest BCUT2D eigenvalue weighted by Crippen LogP contribution is 2.35. The molecule has 1 aromatic carbocycles. The number of ether oxygens (including phenoxy) is 2. The molecule has 0 saturated heterocycles. The highest BCUT2D eigenvalue weighted by molar-refractivity contribution is 5.91. The van der Waals surface area contributed by atoms with E-state index in [4.69, 9.17) is 9.47 Å². The zero-order valence-electron chi connectivity index (χ0n) is 27.5. The molecule has 0 bridgehead atoms. The lowest BCUT2D eigenvalue weighted by molar-refractivity contribution is -0.145. The molecule has 0 unspecified atom stereocenters. The number of hydrogen-bond donors (Lipinski definition) is 1. The number of aromatic hydroxyl groups is 1. The fourth-order valence-electron chi connectivity index (χ4n) is 4.95. The first kappa shape index (κ1) is 37.9. The average molecular weight is 597 g/mol. The van der Waals surface area contributed by atoms with Gasteiger partial charge in [0.2, 0.25) is 0 Å². The van der Waals surface area contributed by atoms with Crippen molar-refractivity contribution >= 4 is 18.0 Å². The van der Waals surface area contributed by atoms with Gasteiger partial charge in [0.05, 0.1) is 12.7 Å². The predicted octanol–water partition coefficient (Wildman–Crippen LogP) is 9.71. The van der Waals surface area contributed by atoms with Crippen LogP contribution in [0.5, 0.6) is 11.5 Å². The van der Waals surface area contributed by atoms with Crippen molar-refractivity contribution in [2.24, 2.45) is 0 Å². The number of carbonyl (C=O) groups is 3. The molecule has 0 spiro atoms. The van der Waals surface area contributed by atoms with Crippen molar-refractivity contribution in [2.75, 3.05) is 7.11 Å². The van der Waals surface area contributed by atoms with Crippen LogP contribution < -0.4 is 4.74 Å². The molecule has 0 aliphatic heterocycles. The van der Waals surface area contributed by atoms with Crippen molar-refractivity contribution < 1.29 is 29.0 Å². The fraction of sp³-hybridized carbons (Fsp3) is 0.595. The van der Waals surface area contributed by atoms with Gasteiger partial charge >= 0.3 is 5.97 Å². The number of phenols is 1. The zero-order valence-corrected chi connectivity index (χ0v) is 27.5. The fourth-order valence-corrected chi connectivity index (χ4v) is 4.95. The van der Waals surface area contributed by atoms with Crippen molar-refractivity contribution in [3.63, 3.8) is 0 Å². The number of carbonyl (C=O) groups excluding carboxylic acids is 3. The summed E-state index contributed by atoms with van der Waals surface area (Å²) < 4.78 is 10.9. The van der Waals surface area contributed by atoms with Crippen molar-refractivity contribution in [2.45, 2.75) is 137 Å². The lowest BCUT2D eigenvalue weighted by Gasteiger charge is -2.15. The second-order valence-electron chi connectivity index (χ2n) is 11.7. The van der Waals surface area contributed by atoms with Crippen LogP contribution in [0, 0.1) is 0 Å². The monoisotopic (exact) mass is 596 g/mol. The number of allylic oxidation sites excluding steroid dienone is 6. The van der Waals surface area contributed by atoms with Crippen LogP contribution in [-0.2, 0) is 27.4 Å². The quantitative estimate of drug-likeness (QED) is 0.0420. The predicted molar refractivity (Wildman–Crippen MR) is 176 cm³/mol. The summed E-state index contributed by atoms with van der Waals surface area (Å²) in [7, 11) is 1.48. The molecule has 1 N–H and O–H groups in total. The number of phenolic OH excluding ortho intramolecular Hbond substituents is 1. The standard InChI is InChI=1S/C37H56O6/c1-6-7-8-9-10-11-12-13-14-15-16-17-18-19-20-21-36(40)43-28-31-26-35(42-5)33(37(41)34(31)27-38)23-22-30(4)25-32(39)24-29(2)3/h13-14,22,24,26-27,41H,6-12,15-21,23,25,28H2,1-5H3/b14-13-,30-22+. The Morgan fingerprint density at radius 1 is 0.884 bits per heavy atom. The van der Waals surface area contributed by atoms with E-state index < -0.39 is 0 Å². The van der Waals surface area contributed by atoms with E-state index in [1.165, 1.54) is 58.5 Å². The number of ketones is 1. The van der Waals surface area contributed by atoms with Gasteiger partial charge in [0, 0.05) is 24.0 Å². The second kappa shape index (κ2) is 23.3. The summed E-state index contributed by atoms with van der Waals surface area (Å²) in [6, 6.07) is 1.63. The number of benzene rings is 1. The summed E-state index contributed by atoms with van der Waals surface area (Å²) in [6.07, 6.45) is 25.1. The van der Waals surface area contributed by atoms with E-state index in [1.54, 1.807) is 12.1 Å². The van der Waals surface area contributed by atoms with Gasteiger partial charge in [-0.1, -0.05) is 87.7 Å². The van der Waals surface area contributed by atoms with Crippen LogP contribution in [0.1, 0.15) is 145 Å². The molecule has 43 heavy (non-hydrogen) atoms. The summed E-state index contributed by atoms with van der Waals surface area (Å²) in [5, 5.41) is 10.9. The topological polar surface area (TPSA) is 89.9 Å². The van der Waals surface area contributed by atoms with E-state index in [-0.39, 0.29) is 36.1 Å². The normalized spacial score (nSPS) is 11.5. The molecule has 0 saturated carbocycles. The summed E-state index contributed by atoms with van der Waals surface area (Å²) >= 11 is 0. The molecule has 0 amide bonds. The van der Waals surface area contributed by atoms with Crippen LogP contribution in [-0.4, -0.2) is 30.3 Å². The molecule has 0 fully saturated rings. The SMILES string of the molecule is CCCCCCCC/C=C\CCCCCCCC(=O)OCc1cc(OC)c(C/C=C(\C)CC(=O)C=C(C)C)c(O)c1C=O. The lowest BCUT2D eigenvalue weighted by atomic mass is 9.98. The van der Waals surface area contributed by atoms with Crippen LogP contribution in [0.3, 0.4) is 0 Å². The van der Waals surface area contributed by atoms with E-state index in [0.717, 1.165) is 43.3 Å². The first-order chi connectivity index (χ1) is 20.7. The molecule has 1 rings (SSSR count). The van der Waals surface area contributed by atoms with Gasteiger partial charge in [-0.25, -0.2) is 0 Å². The van der Waals surface area contributed by atoms with Gasteiger partial charge < -0.3 is 14.6 Å². The Morgan fingerprint density at radius 3 is 2.07 bits per heavy atom. The summed E-state index contributed by atoms with van der Waals surface area (Å²) in [6.45, 7) is 7.73. The molecule has 0 atom stereocenters. The third-order valence-electron chi connectivity index (χ3n) is 7.42. The second-order valence-corrected chi connectivity index (χ2v) is 11.7. The van der Waals surface area contributed by atoms with Gasteiger partial charge in [0.25, 0.3) is 0 Å². The smallest absolute Gasteiger partial charge is 0.306 e. The average Bonchev–Trinajstić information content (AvgIpc) is 2.96. The summed E-state index contributed by atoms with van der Waals surface area (Å²) in [4.78, 5) is 36.2. The Kier molecular flexibility index (Phi) is 20.5. The minimum Gasteiger partial charge on any atom is -0.507 e. The van der Waals surface area contributed by atoms with Gasteiger partial charge in [-0.2, -0.15) is 0 Å². The maximum atomic E-state index is 12.3. The van der Waals surface area contributed by atoms with E-state index in [0.29, 0.717) is 36.0 Å². The van der Waals surface area contributed by atoms with E-state index in [2.05, 4.69) is 19.1 Å². The number of rotatable bonds is 24. The number of methoxy groups -OCH3 is 1. The lowest BCUT2D eigenvalue weighted by Crippen LogP contribution is -2.07. The van der Waals surface area contributed by atoms with Crippen molar-refractivity contribution in [1.82, 2.24) is 0 Å². The van der Waals surface area contributed by atoms with Crippen molar-refractivity contribution in [3.05, 3.63) is 58.2 Å². The Labute approximate surface area is 260 Å². The third-order valence-corrected chi connectivity index (χ3v) is 7.42. The molecular formula is C37H56O6. The molecule has 240 valence electrons. The Hall–Kier alpha value is -3.15. The molecule has 0 heterocycles. The van der Waals surface area contributed by atoms with Crippen LogP contribution in [0.2, 0.25) is 0 Å². The molecule has 0 aliphatic rings. The largest absolute Gasteiger partial charge is 0.507 e.